The second-order valence-corrected chi connectivity index (χ2v) is 7.18. The highest BCUT2D eigenvalue weighted by atomic mass is 35.5. The Labute approximate surface area is 146 Å². The van der Waals surface area contributed by atoms with E-state index in [0.717, 1.165) is 45.2 Å². The van der Waals surface area contributed by atoms with E-state index in [1.54, 1.807) is 0 Å². The molecule has 0 aromatic carbocycles. The summed E-state index contributed by atoms with van der Waals surface area (Å²) in [5, 5.41) is 0. The quantitative estimate of drug-likeness (QED) is 0.846. The summed E-state index contributed by atoms with van der Waals surface area (Å²) in [6.07, 6.45) is 4.77. The van der Waals surface area contributed by atoms with Crippen LogP contribution in [-0.2, 0) is 9.59 Å². The van der Waals surface area contributed by atoms with Gasteiger partial charge >= 0.3 is 0 Å². The lowest BCUT2D eigenvalue weighted by Gasteiger charge is -2.36. The zero-order valence-electron chi connectivity index (χ0n) is 14.7. The lowest BCUT2D eigenvalue weighted by atomic mass is 9.91. The van der Waals surface area contributed by atoms with Gasteiger partial charge in [0.1, 0.15) is 0 Å². The predicted molar refractivity (Wildman–Crippen MR) is 94.3 cm³/mol. The molecule has 2 fully saturated rings. The lowest BCUT2D eigenvalue weighted by Crippen LogP contribution is -2.47. The molecule has 1 heterocycles. The SMILES string of the molecule is CC(C)N(C)C(=O)C1CCN(C(=O)[C@@H]2CCC[C@@H]2CN)CC1.Cl. The van der Waals surface area contributed by atoms with Crippen molar-refractivity contribution in [3.05, 3.63) is 0 Å². The molecule has 0 unspecified atom stereocenters. The molecular formula is C17H32ClN3O2. The van der Waals surface area contributed by atoms with Crippen molar-refractivity contribution in [2.75, 3.05) is 26.7 Å². The lowest BCUT2D eigenvalue weighted by molar-refractivity contribution is -0.143. The summed E-state index contributed by atoms with van der Waals surface area (Å²) in [7, 11) is 1.87. The van der Waals surface area contributed by atoms with Gasteiger partial charge in [-0.25, -0.2) is 0 Å². The monoisotopic (exact) mass is 345 g/mol. The minimum Gasteiger partial charge on any atom is -0.343 e. The van der Waals surface area contributed by atoms with Gasteiger partial charge in [-0.15, -0.1) is 12.4 Å². The van der Waals surface area contributed by atoms with Crippen LogP contribution < -0.4 is 5.73 Å². The van der Waals surface area contributed by atoms with E-state index in [4.69, 9.17) is 5.73 Å². The molecule has 0 aromatic rings. The van der Waals surface area contributed by atoms with E-state index in [9.17, 15) is 9.59 Å². The van der Waals surface area contributed by atoms with Crippen LogP contribution in [0, 0.1) is 17.8 Å². The van der Waals surface area contributed by atoms with Crippen LogP contribution in [0.1, 0.15) is 46.0 Å². The number of halogens is 1. The number of carbonyl (C=O) groups excluding carboxylic acids is 2. The number of nitrogens with two attached hydrogens (primary N) is 1. The molecule has 6 heteroatoms. The molecule has 0 radical (unpaired) electrons. The van der Waals surface area contributed by atoms with E-state index in [1.807, 2.05) is 30.7 Å². The molecule has 1 aliphatic heterocycles. The van der Waals surface area contributed by atoms with Gasteiger partial charge in [-0.05, 0) is 52.0 Å². The second kappa shape index (κ2) is 8.88. The van der Waals surface area contributed by atoms with Crippen LogP contribution in [0.4, 0.5) is 0 Å². The fourth-order valence-electron chi connectivity index (χ4n) is 3.77. The van der Waals surface area contributed by atoms with Crippen molar-refractivity contribution in [3.63, 3.8) is 0 Å². The molecule has 1 aliphatic carbocycles. The number of rotatable bonds is 4. The Hall–Kier alpha value is -0.810. The van der Waals surface area contributed by atoms with Crippen LogP contribution in [0.2, 0.25) is 0 Å². The Bertz CT molecular complexity index is 409. The standard InChI is InChI=1S/C17H31N3O2.ClH/c1-12(2)19(3)16(21)13-7-9-20(10-8-13)17(22)15-6-4-5-14(15)11-18;/h12-15H,4-11,18H2,1-3H3;1H/t14-,15-;/m1./s1. The molecule has 5 nitrogen and oxygen atoms in total. The molecule has 1 saturated heterocycles. The summed E-state index contributed by atoms with van der Waals surface area (Å²) in [4.78, 5) is 28.8. The van der Waals surface area contributed by atoms with Crippen molar-refractivity contribution in [2.45, 2.75) is 52.0 Å². The fourth-order valence-corrected chi connectivity index (χ4v) is 3.77. The van der Waals surface area contributed by atoms with E-state index >= 15 is 0 Å². The Morgan fingerprint density at radius 2 is 1.78 bits per heavy atom. The summed E-state index contributed by atoms with van der Waals surface area (Å²) < 4.78 is 0. The Kier molecular flexibility index (Phi) is 7.81. The summed E-state index contributed by atoms with van der Waals surface area (Å²) in [6, 6.07) is 0.232. The first-order chi connectivity index (χ1) is 10.5. The molecule has 1 saturated carbocycles. The van der Waals surface area contributed by atoms with Gasteiger partial charge in [-0.2, -0.15) is 0 Å². The minimum atomic E-state index is 0. The molecule has 0 bridgehead atoms. The van der Waals surface area contributed by atoms with Crippen LogP contribution in [0.3, 0.4) is 0 Å². The molecular weight excluding hydrogens is 314 g/mol. The van der Waals surface area contributed by atoms with Gasteiger partial charge in [0.15, 0.2) is 0 Å². The first-order valence-corrected chi connectivity index (χ1v) is 8.71. The fraction of sp³-hybridized carbons (Fsp3) is 0.882. The maximum Gasteiger partial charge on any atom is 0.226 e. The Balaban J connectivity index is 0.00000264. The average Bonchev–Trinajstić information content (AvgIpc) is 3.01. The zero-order chi connectivity index (χ0) is 16.3. The molecule has 2 amide bonds. The highest BCUT2D eigenvalue weighted by Crippen LogP contribution is 2.33. The van der Waals surface area contributed by atoms with Gasteiger partial charge in [0.25, 0.3) is 0 Å². The van der Waals surface area contributed by atoms with E-state index in [1.165, 1.54) is 0 Å². The Morgan fingerprint density at radius 1 is 1.17 bits per heavy atom. The largest absolute Gasteiger partial charge is 0.343 e. The molecule has 23 heavy (non-hydrogen) atoms. The molecule has 2 N–H and O–H groups in total. The molecule has 2 aliphatic rings. The minimum absolute atomic E-state index is 0. The summed E-state index contributed by atoms with van der Waals surface area (Å²) in [5.74, 6) is 1.05. The third kappa shape index (κ3) is 4.60. The van der Waals surface area contributed by atoms with Crippen molar-refractivity contribution in [2.24, 2.45) is 23.5 Å². The van der Waals surface area contributed by atoms with Gasteiger partial charge < -0.3 is 15.5 Å². The second-order valence-electron chi connectivity index (χ2n) is 7.18. The van der Waals surface area contributed by atoms with Crippen molar-refractivity contribution in [3.8, 4) is 0 Å². The number of piperidine rings is 1. The third-order valence-electron chi connectivity index (χ3n) is 5.56. The Morgan fingerprint density at radius 3 is 2.30 bits per heavy atom. The number of hydrogen-bond donors (Lipinski definition) is 1. The summed E-state index contributed by atoms with van der Waals surface area (Å²) in [5.41, 5.74) is 5.79. The van der Waals surface area contributed by atoms with Crippen LogP contribution in [0.15, 0.2) is 0 Å². The zero-order valence-corrected chi connectivity index (χ0v) is 15.5. The van der Waals surface area contributed by atoms with Crippen molar-refractivity contribution >= 4 is 24.2 Å². The molecule has 0 spiro atoms. The third-order valence-corrected chi connectivity index (χ3v) is 5.56. The van der Waals surface area contributed by atoms with Crippen molar-refractivity contribution < 1.29 is 9.59 Å². The first kappa shape index (κ1) is 20.2. The van der Waals surface area contributed by atoms with Crippen LogP contribution in [0.5, 0.6) is 0 Å². The van der Waals surface area contributed by atoms with Gasteiger partial charge in [0.2, 0.25) is 11.8 Å². The maximum absolute atomic E-state index is 12.7. The summed E-state index contributed by atoms with van der Waals surface area (Å²) in [6.45, 7) is 6.11. The van der Waals surface area contributed by atoms with E-state index < -0.39 is 0 Å². The molecule has 2 atom stereocenters. The highest BCUT2D eigenvalue weighted by Gasteiger charge is 2.37. The van der Waals surface area contributed by atoms with Gasteiger partial charge in [0.05, 0.1) is 0 Å². The van der Waals surface area contributed by atoms with Crippen molar-refractivity contribution in [1.29, 1.82) is 0 Å². The van der Waals surface area contributed by atoms with Gasteiger partial charge in [-0.3, -0.25) is 9.59 Å². The van der Waals surface area contributed by atoms with E-state index in [0.29, 0.717) is 12.5 Å². The topological polar surface area (TPSA) is 66.6 Å². The number of likely N-dealkylation sites (tertiary alicyclic amines) is 1. The number of nitrogens with zero attached hydrogens (tertiary/aromatic N) is 2. The van der Waals surface area contributed by atoms with Crippen LogP contribution >= 0.6 is 12.4 Å². The number of amides is 2. The van der Waals surface area contributed by atoms with E-state index in [-0.39, 0.29) is 42.1 Å². The predicted octanol–water partition coefficient (Wildman–Crippen LogP) is 1.89. The first-order valence-electron chi connectivity index (χ1n) is 8.71. The van der Waals surface area contributed by atoms with Gasteiger partial charge in [-0.1, -0.05) is 6.42 Å². The molecule has 134 valence electrons. The average molecular weight is 346 g/mol. The van der Waals surface area contributed by atoms with E-state index in [2.05, 4.69) is 0 Å². The van der Waals surface area contributed by atoms with Crippen LogP contribution in [-0.4, -0.2) is 54.3 Å². The van der Waals surface area contributed by atoms with Crippen LogP contribution in [0.25, 0.3) is 0 Å². The number of carbonyl (C=O) groups is 2. The summed E-state index contributed by atoms with van der Waals surface area (Å²) >= 11 is 0. The smallest absolute Gasteiger partial charge is 0.226 e. The molecule has 2 rings (SSSR count). The maximum atomic E-state index is 12.7. The number of hydrogen-bond acceptors (Lipinski definition) is 3. The van der Waals surface area contributed by atoms with Crippen molar-refractivity contribution in [1.82, 2.24) is 9.80 Å². The highest BCUT2D eigenvalue weighted by molar-refractivity contribution is 5.85. The molecule has 0 aromatic heterocycles. The normalized spacial score (nSPS) is 25.3. The van der Waals surface area contributed by atoms with Gasteiger partial charge in [0, 0.05) is 38.0 Å².